The summed E-state index contributed by atoms with van der Waals surface area (Å²) in [6, 6.07) is 17.6. The second-order valence-corrected chi connectivity index (χ2v) is 6.02. The topological polar surface area (TPSA) is 59.1 Å². The highest BCUT2D eigenvalue weighted by atomic mass is 32.2. The number of hydrogen-bond acceptors (Lipinski definition) is 3. The van der Waals surface area contributed by atoms with Gasteiger partial charge >= 0.3 is 0 Å². The highest BCUT2D eigenvalue weighted by Gasteiger charge is 2.13. The first-order valence-electron chi connectivity index (χ1n) is 8.08. The zero-order valence-corrected chi connectivity index (χ0v) is 15.3. The molecule has 0 bridgehead atoms. The van der Waals surface area contributed by atoms with Gasteiger partial charge in [-0.05, 0) is 24.3 Å². The lowest BCUT2D eigenvalue weighted by atomic mass is 10.2. The first-order chi connectivity index (χ1) is 11.6. The van der Waals surface area contributed by atoms with Gasteiger partial charge in [0, 0.05) is 5.39 Å². The van der Waals surface area contributed by atoms with Crippen LogP contribution in [0.15, 0.2) is 71.8 Å². The fourth-order valence-corrected chi connectivity index (χ4v) is 3.00. The van der Waals surface area contributed by atoms with E-state index < -0.39 is 10.0 Å². The summed E-state index contributed by atoms with van der Waals surface area (Å²) in [5.74, 6) is 0. The van der Waals surface area contributed by atoms with E-state index in [-0.39, 0.29) is 4.90 Å². The lowest BCUT2D eigenvalue weighted by molar-refractivity contribution is 0.601. The maximum absolute atomic E-state index is 12.2. The van der Waals surface area contributed by atoms with Crippen molar-refractivity contribution in [2.45, 2.75) is 32.6 Å². The summed E-state index contributed by atoms with van der Waals surface area (Å²) in [4.78, 5) is 4.46. The van der Waals surface area contributed by atoms with Crippen molar-refractivity contribution in [1.82, 2.24) is 4.98 Å². The van der Waals surface area contributed by atoms with Crippen molar-refractivity contribution >= 4 is 26.6 Å². The van der Waals surface area contributed by atoms with Gasteiger partial charge < -0.3 is 0 Å². The van der Waals surface area contributed by atoms with Crippen molar-refractivity contribution in [2.24, 2.45) is 0 Å². The van der Waals surface area contributed by atoms with Gasteiger partial charge in [0.25, 0.3) is 10.0 Å². The number of para-hydroxylation sites is 1. The average molecular weight is 344 g/mol. The standard InChI is InChI=1S/C15H12N2O2S.2C2H6/c18-20(19,14-7-2-1-3-8-14)17-13-10-12-6-4-5-9-15(12)16-11-13;2*1-2/h1-11,17H;2*1-2H3. The lowest BCUT2D eigenvalue weighted by Crippen LogP contribution is -2.12. The molecule has 0 radical (unpaired) electrons. The normalized spacial score (nSPS) is 10.0. The summed E-state index contributed by atoms with van der Waals surface area (Å²) in [5, 5.41) is 0.890. The fourth-order valence-electron chi connectivity index (χ4n) is 1.94. The summed E-state index contributed by atoms with van der Waals surface area (Å²) in [5.41, 5.74) is 1.28. The zero-order chi connectivity index (χ0) is 18.0. The number of nitrogens with one attached hydrogen (secondary N) is 1. The number of nitrogens with zero attached hydrogens (tertiary/aromatic N) is 1. The number of rotatable bonds is 3. The molecule has 1 heterocycles. The predicted octanol–water partition coefficient (Wildman–Crippen LogP) is 5.09. The van der Waals surface area contributed by atoms with Gasteiger partial charge in [-0.1, -0.05) is 64.1 Å². The number of sulfonamides is 1. The quantitative estimate of drug-likeness (QED) is 0.720. The molecule has 0 aliphatic rings. The molecule has 0 aliphatic carbocycles. The highest BCUT2D eigenvalue weighted by molar-refractivity contribution is 7.92. The number of anilines is 1. The minimum atomic E-state index is -3.57. The van der Waals surface area contributed by atoms with Crippen LogP contribution in [0.1, 0.15) is 27.7 Å². The molecule has 1 aromatic heterocycles. The van der Waals surface area contributed by atoms with E-state index in [4.69, 9.17) is 0 Å². The van der Waals surface area contributed by atoms with Crippen LogP contribution in [0, 0.1) is 0 Å². The van der Waals surface area contributed by atoms with Crippen LogP contribution in [0.5, 0.6) is 0 Å². The molecule has 24 heavy (non-hydrogen) atoms. The van der Waals surface area contributed by atoms with Gasteiger partial charge in [0.15, 0.2) is 0 Å². The molecule has 0 saturated carbocycles. The largest absolute Gasteiger partial charge is 0.278 e. The maximum atomic E-state index is 12.2. The van der Waals surface area contributed by atoms with Crippen molar-refractivity contribution < 1.29 is 8.42 Å². The van der Waals surface area contributed by atoms with Crippen LogP contribution in [-0.2, 0) is 10.0 Å². The monoisotopic (exact) mass is 344 g/mol. The molecular weight excluding hydrogens is 320 g/mol. The molecule has 0 fully saturated rings. The fraction of sp³-hybridized carbons (Fsp3) is 0.211. The van der Waals surface area contributed by atoms with E-state index in [9.17, 15) is 8.42 Å². The van der Waals surface area contributed by atoms with Gasteiger partial charge in [-0.3, -0.25) is 9.71 Å². The molecular formula is C19H24N2O2S. The third kappa shape index (κ3) is 5.06. The Kier molecular flexibility index (Phi) is 7.92. The van der Waals surface area contributed by atoms with Crippen LogP contribution >= 0.6 is 0 Å². The zero-order valence-electron chi connectivity index (χ0n) is 14.5. The predicted molar refractivity (Wildman–Crippen MR) is 102 cm³/mol. The van der Waals surface area contributed by atoms with E-state index in [1.54, 1.807) is 36.4 Å². The van der Waals surface area contributed by atoms with E-state index in [1.807, 2.05) is 52.0 Å². The smallest absolute Gasteiger partial charge is 0.261 e. The second-order valence-electron chi connectivity index (χ2n) is 4.34. The van der Waals surface area contributed by atoms with Gasteiger partial charge in [0.1, 0.15) is 0 Å². The molecule has 1 N–H and O–H groups in total. The van der Waals surface area contributed by atoms with E-state index in [0.29, 0.717) is 5.69 Å². The van der Waals surface area contributed by atoms with Gasteiger partial charge in [0.05, 0.1) is 22.3 Å². The summed E-state index contributed by atoms with van der Waals surface area (Å²) >= 11 is 0. The maximum Gasteiger partial charge on any atom is 0.261 e. The number of fused-ring (bicyclic) bond motifs is 1. The SMILES string of the molecule is CC.CC.O=S(=O)(Nc1cnc2ccccc2c1)c1ccccc1. The van der Waals surface area contributed by atoms with Crippen molar-refractivity contribution in [3.63, 3.8) is 0 Å². The summed E-state index contributed by atoms with van der Waals surface area (Å²) in [6.07, 6.45) is 1.52. The summed E-state index contributed by atoms with van der Waals surface area (Å²) in [7, 11) is -3.57. The Morgan fingerprint density at radius 2 is 1.42 bits per heavy atom. The molecule has 0 aliphatic heterocycles. The first-order valence-corrected chi connectivity index (χ1v) is 9.56. The van der Waals surface area contributed by atoms with Crippen molar-refractivity contribution in [1.29, 1.82) is 0 Å². The Labute approximate surface area is 144 Å². The van der Waals surface area contributed by atoms with Crippen LogP contribution in [0.25, 0.3) is 10.9 Å². The number of aromatic nitrogens is 1. The third-order valence-electron chi connectivity index (χ3n) is 2.90. The molecule has 0 amide bonds. The van der Waals surface area contributed by atoms with Gasteiger partial charge in [-0.25, -0.2) is 8.42 Å². The molecule has 128 valence electrons. The molecule has 0 saturated heterocycles. The van der Waals surface area contributed by atoms with Gasteiger partial charge in [-0.15, -0.1) is 0 Å². The van der Waals surface area contributed by atoms with Crippen molar-refractivity contribution in [2.75, 3.05) is 4.72 Å². The highest BCUT2D eigenvalue weighted by Crippen LogP contribution is 2.19. The van der Waals surface area contributed by atoms with E-state index in [1.165, 1.54) is 6.20 Å². The lowest BCUT2D eigenvalue weighted by Gasteiger charge is -2.08. The molecule has 3 aromatic rings. The third-order valence-corrected chi connectivity index (χ3v) is 4.29. The Bertz CT molecular complexity index is 847. The molecule has 5 heteroatoms. The molecule has 2 aromatic carbocycles. The Morgan fingerprint density at radius 3 is 2.08 bits per heavy atom. The molecule has 0 unspecified atom stereocenters. The minimum Gasteiger partial charge on any atom is -0.278 e. The Morgan fingerprint density at radius 1 is 0.833 bits per heavy atom. The van der Waals surface area contributed by atoms with Crippen LogP contribution in [0.4, 0.5) is 5.69 Å². The minimum absolute atomic E-state index is 0.230. The van der Waals surface area contributed by atoms with E-state index >= 15 is 0 Å². The Hall–Kier alpha value is -2.40. The van der Waals surface area contributed by atoms with Gasteiger partial charge in [-0.2, -0.15) is 0 Å². The van der Waals surface area contributed by atoms with Gasteiger partial charge in [0.2, 0.25) is 0 Å². The van der Waals surface area contributed by atoms with Crippen LogP contribution < -0.4 is 4.72 Å². The van der Waals surface area contributed by atoms with E-state index in [0.717, 1.165) is 10.9 Å². The molecule has 0 spiro atoms. The Balaban J connectivity index is 0.000000671. The average Bonchev–Trinajstić information content (AvgIpc) is 2.65. The molecule has 3 rings (SSSR count). The van der Waals surface area contributed by atoms with Crippen molar-refractivity contribution in [3.8, 4) is 0 Å². The molecule has 0 atom stereocenters. The van der Waals surface area contributed by atoms with Crippen molar-refractivity contribution in [3.05, 3.63) is 66.9 Å². The number of pyridine rings is 1. The van der Waals surface area contributed by atoms with Crippen LogP contribution in [0.3, 0.4) is 0 Å². The van der Waals surface area contributed by atoms with Crippen LogP contribution in [-0.4, -0.2) is 13.4 Å². The summed E-state index contributed by atoms with van der Waals surface area (Å²) in [6.45, 7) is 8.00. The van der Waals surface area contributed by atoms with Crippen LogP contribution in [0.2, 0.25) is 0 Å². The number of benzene rings is 2. The first kappa shape index (κ1) is 19.6. The summed E-state index contributed by atoms with van der Waals surface area (Å²) < 4.78 is 26.9. The van der Waals surface area contributed by atoms with E-state index in [2.05, 4.69) is 9.71 Å². The number of hydrogen-bond donors (Lipinski definition) is 1. The molecule has 4 nitrogen and oxygen atoms in total. The second kappa shape index (κ2) is 9.67.